The Morgan fingerprint density at radius 1 is 1.27 bits per heavy atom. The largest absolute Gasteiger partial charge is 0.218 e. The Hall–Kier alpha value is -1.13. The third-order valence-electron chi connectivity index (χ3n) is 2.07. The molecule has 0 N–H and O–H groups in total. The summed E-state index contributed by atoms with van der Waals surface area (Å²) >= 11 is 1.43. The molecule has 0 aliphatic heterocycles. The number of aromatic nitrogens is 1. The van der Waals surface area contributed by atoms with E-state index in [4.69, 9.17) is 0 Å². The van der Waals surface area contributed by atoms with Gasteiger partial charge in [0.05, 0.1) is 15.8 Å². The normalized spacial score (nSPS) is 12.0. The van der Waals surface area contributed by atoms with Crippen LogP contribution in [0.5, 0.6) is 0 Å². The number of fused-ring (bicyclic) bond motifs is 1. The van der Waals surface area contributed by atoms with Gasteiger partial charge in [0.15, 0.2) is 0 Å². The monoisotopic (exact) mass is 221 g/mol. The van der Waals surface area contributed by atoms with Crippen LogP contribution in [0.25, 0.3) is 10.2 Å². The number of para-hydroxylation sites is 1. The number of hydrogen-bond acceptors (Lipinski definition) is 3. The number of rotatable bonds is 1. The van der Waals surface area contributed by atoms with Crippen molar-refractivity contribution in [2.24, 2.45) is 0 Å². The van der Waals surface area contributed by atoms with Crippen molar-refractivity contribution in [3.05, 3.63) is 24.3 Å². The molecular weight excluding hydrogens is 208 g/mol. The Balaban J connectivity index is 2.45. The summed E-state index contributed by atoms with van der Waals surface area (Å²) < 4.78 is 1.05. The summed E-state index contributed by atoms with van der Waals surface area (Å²) in [6.45, 7) is 5.64. The first-order valence-electron chi connectivity index (χ1n) is 4.81. The van der Waals surface area contributed by atoms with Crippen molar-refractivity contribution in [2.75, 3.05) is 5.06 Å². The first-order chi connectivity index (χ1) is 6.98. The van der Waals surface area contributed by atoms with Crippen LogP contribution < -0.4 is 5.06 Å². The predicted octanol–water partition coefficient (Wildman–Crippen LogP) is 3.25. The van der Waals surface area contributed by atoms with E-state index in [0.717, 1.165) is 15.3 Å². The quantitative estimate of drug-likeness (QED) is 0.693. The van der Waals surface area contributed by atoms with E-state index in [1.54, 1.807) is 0 Å². The summed E-state index contributed by atoms with van der Waals surface area (Å²) in [5.74, 6) is 0. The van der Waals surface area contributed by atoms with E-state index in [2.05, 4.69) is 4.98 Å². The Kier molecular flexibility index (Phi) is 2.40. The van der Waals surface area contributed by atoms with Crippen molar-refractivity contribution < 1.29 is 5.21 Å². The lowest BCUT2D eigenvalue weighted by atomic mass is 10.1. The molecule has 0 amide bonds. The molecule has 1 radical (unpaired) electrons. The smallest absolute Gasteiger partial charge is 0.213 e. The van der Waals surface area contributed by atoms with Gasteiger partial charge in [-0.25, -0.2) is 4.98 Å². The van der Waals surface area contributed by atoms with E-state index in [-0.39, 0.29) is 0 Å². The van der Waals surface area contributed by atoms with E-state index in [1.165, 1.54) is 11.3 Å². The highest BCUT2D eigenvalue weighted by Crippen LogP contribution is 2.31. The molecule has 0 spiro atoms. The van der Waals surface area contributed by atoms with Gasteiger partial charge in [0.1, 0.15) is 0 Å². The SMILES string of the molecule is CC(C)(C)N([O])c1nc2ccccc2s1. The summed E-state index contributed by atoms with van der Waals surface area (Å²) in [6.07, 6.45) is 0. The van der Waals surface area contributed by atoms with Gasteiger partial charge in [0, 0.05) is 0 Å². The van der Waals surface area contributed by atoms with Gasteiger partial charge in [0.2, 0.25) is 5.13 Å². The van der Waals surface area contributed by atoms with Crippen LogP contribution >= 0.6 is 11.3 Å². The molecule has 0 aliphatic carbocycles. The fourth-order valence-electron chi connectivity index (χ4n) is 1.23. The summed E-state index contributed by atoms with van der Waals surface area (Å²) in [5.41, 5.74) is 0.455. The first kappa shape index (κ1) is 10.4. The van der Waals surface area contributed by atoms with Crippen LogP contribution in [0.1, 0.15) is 20.8 Å². The van der Waals surface area contributed by atoms with Gasteiger partial charge in [0.25, 0.3) is 0 Å². The molecule has 2 aromatic rings. The molecule has 1 aromatic carbocycles. The molecule has 0 fully saturated rings. The van der Waals surface area contributed by atoms with E-state index < -0.39 is 5.54 Å². The number of hydroxylamine groups is 1. The van der Waals surface area contributed by atoms with E-state index >= 15 is 0 Å². The summed E-state index contributed by atoms with van der Waals surface area (Å²) in [7, 11) is 0. The molecule has 1 aromatic heterocycles. The molecule has 0 bridgehead atoms. The molecule has 3 nitrogen and oxygen atoms in total. The molecule has 2 rings (SSSR count). The van der Waals surface area contributed by atoms with Crippen LogP contribution in [-0.2, 0) is 5.21 Å². The van der Waals surface area contributed by atoms with Crippen LogP contribution in [-0.4, -0.2) is 10.5 Å². The summed E-state index contributed by atoms with van der Waals surface area (Å²) in [5, 5.41) is 13.4. The molecule has 0 atom stereocenters. The van der Waals surface area contributed by atoms with Crippen LogP contribution in [0.3, 0.4) is 0 Å². The van der Waals surface area contributed by atoms with Crippen molar-refractivity contribution in [3.8, 4) is 0 Å². The molecule has 79 valence electrons. The Bertz CT molecular complexity index is 440. The highest BCUT2D eigenvalue weighted by molar-refractivity contribution is 7.22. The van der Waals surface area contributed by atoms with Crippen molar-refractivity contribution in [2.45, 2.75) is 26.3 Å². The Morgan fingerprint density at radius 3 is 2.53 bits per heavy atom. The van der Waals surface area contributed by atoms with Gasteiger partial charge in [-0.05, 0) is 32.9 Å². The van der Waals surface area contributed by atoms with Crippen LogP contribution in [0, 0.1) is 0 Å². The standard InChI is InChI=1S/C11H13N2OS/c1-11(2,3)13(14)10-12-8-6-4-5-7-9(8)15-10/h4-7H,1-3H3. The van der Waals surface area contributed by atoms with Crippen molar-refractivity contribution in [1.29, 1.82) is 0 Å². The number of anilines is 1. The molecular formula is C11H13N2OS. The topological polar surface area (TPSA) is 36.0 Å². The minimum Gasteiger partial charge on any atom is -0.218 e. The molecule has 4 heteroatoms. The number of hydrogen-bond donors (Lipinski definition) is 0. The van der Waals surface area contributed by atoms with Gasteiger partial charge in [-0.2, -0.15) is 5.06 Å². The second kappa shape index (κ2) is 3.47. The Labute approximate surface area is 92.9 Å². The first-order valence-corrected chi connectivity index (χ1v) is 5.63. The zero-order valence-corrected chi connectivity index (χ0v) is 9.84. The molecule has 0 saturated carbocycles. The lowest BCUT2D eigenvalue weighted by Gasteiger charge is -2.25. The van der Waals surface area contributed by atoms with Crippen molar-refractivity contribution >= 4 is 26.7 Å². The van der Waals surface area contributed by atoms with Gasteiger partial charge < -0.3 is 0 Å². The van der Waals surface area contributed by atoms with Crippen LogP contribution in [0.15, 0.2) is 24.3 Å². The zero-order chi connectivity index (χ0) is 11.1. The van der Waals surface area contributed by atoms with E-state index in [0.29, 0.717) is 5.13 Å². The number of thiazole rings is 1. The number of nitrogens with zero attached hydrogens (tertiary/aromatic N) is 2. The molecule has 0 saturated heterocycles. The third kappa shape index (κ3) is 1.96. The van der Waals surface area contributed by atoms with Crippen LogP contribution in [0.4, 0.5) is 5.13 Å². The van der Waals surface area contributed by atoms with E-state index in [1.807, 2.05) is 45.0 Å². The molecule has 15 heavy (non-hydrogen) atoms. The minimum atomic E-state index is -0.437. The second-order valence-corrected chi connectivity index (χ2v) is 5.44. The predicted molar refractivity (Wildman–Crippen MR) is 62.5 cm³/mol. The molecule has 1 heterocycles. The summed E-state index contributed by atoms with van der Waals surface area (Å²) in [6, 6.07) is 7.79. The second-order valence-electron chi connectivity index (χ2n) is 4.43. The fraction of sp³-hybridized carbons (Fsp3) is 0.364. The zero-order valence-electron chi connectivity index (χ0n) is 9.02. The van der Waals surface area contributed by atoms with Crippen molar-refractivity contribution in [1.82, 2.24) is 4.98 Å². The maximum absolute atomic E-state index is 11.9. The van der Waals surface area contributed by atoms with E-state index in [9.17, 15) is 5.21 Å². The minimum absolute atomic E-state index is 0.437. The lowest BCUT2D eigenvalue weighted by molar-refractivity contribution is 0.102. The lowest BCUT2D eigenvalue weighted by Crippen LogP contribution is -2.37. The van der Waals surface area contributed by atoms with Gasteiger partial charge in [-0.1, -0.05) is 28.7 Å². The highest BCUT2D eigenvalue weighted by Gasteiger charge is 2.24. The maximum Gasteiger partial charge on any atom is 0.213 e. The van der Waals surface area contributed by atoms with Crippen LogP contribution in [0.2, 0.25) is 0 Å². The fourth-order valence-corrected chi connectivity index (χ4v) is 2.30. The summed E-state index contributed by atoms with van der Waals surface area (Å²) in [4.78, 5) is 4.31. The number of benzene rings is 1. The van der Waals surface area contributed by atoms with Gasteiger partial charge >= 0.3 is 0 Å². The average Bonchev–Trinajstić information content (AvgIpc) is 2.58. The maximum atomic E-state index is 11.9. The highest BCUT2D eigenvalue weighted by atomic mass is 32.1. The van der Waals surface area contributed by atoms with Crippen molar-refractivity contribution in [3.63, 3.8) is 0 Å². The van der Waals surface area contributed by atoms with Gasteiger partial charge in [-0.3, -0.25) is 0 Å². The van der Waals surface area contributed by atoms with Gasteiger partial charge in [-0.15, -0.1) is 0 Å². The molecule has 0 unspecified atom stereocenters. The molecule has 0 aliphatic rings. The Morgan fingerprint density at radius 2 is 1.93 bits per heavy atom. The third-order valence-corrected chi connectivity index (χ3v) is 3.07. The average molecular weight is 221 g/mol.